The Labute approximate surface area is 90.2 Å². The van der Waals surface area contributed by atoms with Crippen LogP contribution in [0.4, 0.5) is 8.78 Å². The minimum absolute atomic E-state index is 0.174. The highest BCUT2D eigenvalue weighted by atomic mass is 19.3. The van der Waals surface area contributed by atoms with E-state index in [2.05, 4.69) is 0 Å². The Morgan fingerprint density at radius 2 is 2.07 bits per heavy atom. The molecule has 0 saturated carbocycles. The molecule has 0 aromatic rings. The van der Waals surface area contributed by atoms with Gasteiger partial charge in [0.1, 0.15) is 6.10 Å². The topological polar surface area (TPSA) is 20.2 Å². The average Bonchev–Trinajstić information content (AvgIpc) is 2.18. The molecule has 0 bridgehead atoms. The monoisotopic (exact) mass is 218 g/mol. The molecule has 0 amide bonds. The first kappa shape index (κ1) is 12.6. The molecular weight excluding hydrogens is 198 g/mol. The van der Waals surface area contributed by atoms with Crippen LogP contribution in [-0.2, 0) is 0 Å². The van der Waals surface area contributed by atoms with Gasteiger partial charge in [-0.15, -0.1) is 0 Å². The van der Waals surface area contributed by atoms with Crippen LogP contribution in [0.1, 0.15) is 39.5 Å². The maximum absolute atomic E-state index is 13.7. The molecule has 3 unspecified atom stereocenters. The fourth-order valence-electron chi connectivity index (χ4n) is 1.99. The van der Waals surface area contributed by atoms with Gasteiger partial charge < -0.3 is 5.11 Å². The zero-order valence-corrected chi connectivity index (χ0v) is 9.42. The fourth-order valence-corrected chi connectivity index (χ4v) is 1.99. The van der Waals surface area contributed by atoms with Gasteiger partial charge in [-0.25, -0.2) is 8.78 Å². The normalized spacial score (nSPS) is 29.1. The highest BCUT2D eigenvalue weighted by molar-refractivity contribution is 5.03. The smallest absolute Gasteiger partial charge is 0.279 e. The number of aliphatic hydroxyl groups is 1. The molecule has 15 heavy (non-hydrogen) atoms. The average molecular weight is 218 g/mol. The molecule has 1 N–H and O–H groups in total. The quantitative estimate of drug-likeness (QED) is 0.717. The minimum Gasteiger partial charge on any atom is -0.387 e. The Kier molecular flexibility index (Phi) is 4.26. The molecule has 3 heteroatoms. The second-order valence-corrected chi connectivity index (χ2v) is 4.53. The van der Waals surface area contributed by atoms with Crippen molar-refractivity contribution in [3.8, 4) is 0 Å². The molecule has 0 saturated heterocycles. The summed E-state index contributed by atoms with van der Waals surface area (Å²) in [4.78, 5) is 0. The minimum atomic E-state index is -2.97. The summed E-state index contributed by atoms with van der Waals surface area (Å²) in [6.07, 6.45) is 3.94. The number of aliphatic hydroxyl groups excluding tert-OH is 1. The Morgan fingerprint density at radius 3 is 2.53 bits per heavy atom. The van der Waals surface area contributed by atoms with Gasteiger partial charge in [-0.1, -0.05) is 32.4 Å². The Bertz CT molecular complexity index is 226. The molecule has 1 nitrogen and oxygen atoms in total. The molecule has 0 spiro atoms. The molecule has 88 valence electrons. The van der Waals surface area contributed by atoms with Gasteiger partial charge in [0.05, 0.1) is 0 Å². The Balaban J connectivity index is 2.64. The maximum Gasteiger partial charge on any atom is 0.279 e. The number of halogens is 2. The van der Waals surface area contributed by atoms with Gasteiger partial charge in [0.15, 0.2) is 0 Å². The number of rotatable bonds is 4. The molecule has 0 fully saturated rings. The van der Waals surface area contributed by atoms with E-state index in [4.69, 9.17) is 0 Å². The molecule has 0 heterocycles. The van der Waals surface area contributed by atoms with Gasteiger partial charge in [-0.05, 0) is 25.2 Å². The van der Waals surface area contributed by atoms with E-state index in [9.17, 15) is 13.9 Å². The first-order chi connectivity index (χ1) is 6.98. The second-order valence-electron chi connectivity index (χ2n) is 4.53. The lowest BCUT2D eigenvalue weighted by atomic mass is 9.83. The summed E-state index contributed by atoms with van der Waals surface area (Å²) >= 11 is 0. The van der Waals surface area contributed by atoms with Gasteiger partial charge >= 0.3 is 0 Å². The third kappa shape index (κ3) is 3.00. The van der Waals surface area contributed by atoms with Crippen LogP contribution in [-0.4, -0.2) is 17.1 Å². The lowest BCUT2D eigenvalue weighted by Crippen LogP contribution is -2.41. The van der Waals surface area contributed by atoms with Crippen molar-refractivity contribution >= 4 is 0 Å². The molecule has 0 radical (unpaired) electrons. The van der Waals surface area contributed by atoms with Crippen LogP contribution in [0, 0.1) is 11.8 Å². The number of hydrogen-bond acceptors (Lipinski definition) is 1. The zero-order chi connectivity index (χ0) is 11.5. The lowest BCUT2D eigenvalue weighted by Gasteiger charge is -2.31. The van der Waals surface area contributed by atoms with E-state index in [-0.39, 0.29) is 6.42 Å². The van der Waals surface area contributed by atoms with Crippen molar-refractivity contribution in [2.75, 3.05) is 0 Å². The first-order valence-electron chi connectivity index (χ1n) is 5.72. The maximum atomic E-state index is 13.7. The van der Waals surface area contributed by atoms with E-state index in [1.807, 2.05) is 13.0 Å². The summed E-state index contributed by atoms with van der Waals surface area (Å²) in [7, 11) is 0. The van der Waals surface area contributed by atoms with Crippen molar-refractivity contribution in [3.63, 3.8) is 0 Å². The molecule has 1 aliphatic carbocycles. The summed E-state index contributed by atoms with van der Waals surface area (Å²) in [5, 5.41) is 9.41. The van der Waals surface area contributed by atoms with Crippen LogP contribution in [0.3, 0.4) is 0 Å². The largest absolute Gasteiger partial charge is 0.387 e. The molecule has 3 atom stereocenters. The van der Waals surface area contributed by atoms with Crippen molar-refractivity contribution in [3.05, 3.63) is 12.2 Å². The molecule has 1 aliphatic rings. The fraction of sp³-hybridized carbons (Fsp3) is 0.833. The van der Waals surface area contributed by atoms with Crippen molar-refractivity contribution in [1.29, 1.82) is 0 Å². The van der Waals surface area contributed by atoms with Crippen LogP contribution in [0.5, 0.6) is 0 Å². The number of allylic oxidation sites excluding steroid dienone is 2. The van der Waals surface area contributed by atoms with Gasteiger partial charge in [-0.3, -0.25) is 0 Å². The van der Waals surface area contributed by atoms with E-state index in [0.29, 0.717) is 18.8 Å². The van der Waals surface area contributed by atoms with E-state index in [0.717, 1.165) is 6.42 Å². The van der Waals surface area contributed by atoms with Crippen LogP contribution >= 0.6 is 0 Å². The zero-order valence-electron chi connectivity index (χ0n) is 9.42. The van der Waals surface area contributed by atoms with Crippen molar-refractivity contribution in [2.45, 2.75) is 51.6 Å². The summed E-state index contributed by atoms with van der Waals surface area (Å²) < 4.78 is 27.4. The molecular formula is C12H20F2O. The third-order valence-electron chi connectivity index (χ3n) is 3.11. The van der Waals surface area contributed by atoms with E-state index < -0.39 is 17.9 Å². The third-order valence-corrected chi connectivity index (χ3v) is 3.11. The Hall–Kier alpha value is -0.440. The van der Waals surface area contributed by atoms with Crippen LogP contribution in [0.15, 0.2) is 12.2 Å². The van der Waals surface area contributed by atoms with E-state index in [1.54, 1.807) is 13.0 Å². The van der Waals surface area contributed by atoms with Crippen molar-refractivity contribution < 1.29 is 13.9 Å². The predicted molar refractivity (Wildman–Crippen MR) is 56.9 cm³/mol. The van der Waals surface area contributed by atoms with Gasteiger partial charge in [0.25, 0.3) is 5.92 Å². The van der Waals surface area contributed by atoms with Crippen LogP contribution in [0.25, 0.3) is 0 Å². The highest BCUT2D eigenvalue weighted by Crippen LogP contribution is 2.37. The highest BCUT2D eigenvalue weighted by Gasteiger charge is 2.44. The first-order valence-corrected chi connectivity index (χ1v) is 5.72. The van der Waals surface area contributed by atoms with Gasteiger partial charge in [0, 0.05) is 5.92 Å². The van der Waals surface area contributed by atoms with Crippen molar-refractivity contribution in [2.24, 2.45) is 11.8 Å². The Morgan fingerprint density at radius 1 is 1.40 bits per heavy atom. The van der Waals surface area contributed by atoms with Crippen LogP contribution < -0.4 is 0 Å². The molecule has 1 rings (SSSR count). The molecule has 0 aromatic heterocycles. The van der Waals surface area contributed by atoms with Gasteiger partial charge in [0.2, 0.25) is 0 Å². The second kappa shape index (κ2) is 5.06. The predicted octanol–water partition coefficient (Wildman–Crippen LogP) is 3.39. The number of hydrogen-bond donors (Lipinski definition) is 1. The summed E-state index contributed by atoms with van der Waals surface area (Å²) in [5.41, 5.74) is 0. The molecule has 0 aromatic carbocycles. The summed E-state index contributed by atoms with van der Waals surface area (Å²) in [6.45, 7) is 3.82. The summed E-state index contributed by atoms with van der Waals surface area (Å²) in [5.74, 6) is -3.36. The SMILES string of the molecule is CCCC(O)C(F)(F)C1C=CC(C)CC1. The molecule has 0 aliphatic heterocycles. The van der Waals surface area contributed by atoms with Gasteiger partial charge in [-0.2, -0.15) is 0 Å². The van der Waals surface area contributed by atoms with Crippen LogP contribution in [0.2, 0.25) is 0 Å². The van der Waals surface area contributed by atoms with E-state index in [1.165, 1.54) is 0 Å². The lowest BCUT2D eigenvalue weighted by molar-refractivity contribution is -0.141. The van der Waals surface area contributed by atoms with E-state index >= 15 is 0 Å². The number of alkyl halides is 2. The summed E-state index contributed by atoms with van der Waals surface area (Å²) in [6, 6.07) is 0. The van der Waals surface area contributed by atoms with Crippen molar-refractivity contribution in [1.82, 2.24) is 0 Å². The standard InChI is InChI=1S/C12H20F2O/c1-3-4-11(15)12(13,14)10-7-5-9(2)6-8-10/h5,7,9-11,15H,3-4,6,8H2,1-2H3.